The zero-order valence-corrected chi connectivity index (χ0v) is 10.3. The Morgan fingerprint density at radius 1 is 1.13 bits per heavy atom. The van der Waals surface area contributed by atoms with Crippen molar-refractivity contribution in [2.45, 2.75) is 47.0 Å². The smallest absolute Gasteiger partial charge is 0.309 e. The molecule has 0 saturated heterocycles. The highest BCUT2D eigenvalue weighted by Gasteiger charge is 2.01. The molecule has 0 atom stereocenters. The van der Waals surface area contributed by atoms with Gasteiger partial charge >= 0.3 is 5.97 Å². The van der Waals surface area contributed by atoms with E-state index in [-0.39, 0.29) is 5.97 Å². The van der Waals surface area contributed by atoms with E-state index < -0.39 is 0 Å². The van der Waals surface area contributed by atoms with Gasteiger partial charge in [-0.05, 0) is 40.5 Å². The van der Waals surface area contributed by atoms with Gasteiger partial charge in [0.2, 0.25) is 0 Å². The number of rotatable bonds is 6. The van der Waals surface area contributed by atoms with Crippen LogP contribution in [-0.4, -0.2) is 12.6 Å². The molecule has 0 aliphatic rings. The molecule has 0 saturated carbocycles. The number of carbonyl (C=O) groups is 1. The van der Waals surface area contributed by atoms with Crippen LogP contribution < -0.4 is 0 Å². The summed E-state index contributed by atoms with van der Waals surface area (Å²) in [7, 11) is 0. The Morgan fingerprint density at radius 3 is 2.27 bits per heavy atom. The largest absolute Gasteiger partial charge is 0.466 e. The molecule has 0 bridgehead atoms. The van der Waals surface area contributed by atoms with Crippen LogP contribution in [0.15, 0.2) is 23.3 Å². The van der Waals surface area contributed by atoms with Crippen LogP contribution in [0.2, 0.25) is 0 Å². The lowest BCUT2D eigenvalue weighted by Crippen LogP contribution is -2.03. The van der Waals surface area contributed by atoms with Gasteiger partial charge in [0.25, 0.3) is 0 Å². The third kappa shape index (κ3) is 9.26. The van der Waals surface area contributed by atoms with Crippen molar-refractivity contribution in [2.24, 2.45) is 0 Å². The van der Waals surface area contributed by atoms with E-state index in [1.165, 1.54) is 5.57 Å². The van der Waals surface area contributed by atoms with Crippen LogP contribution in [-0.2, 0) is 9.53 Å². The van der Waals surface area contributed by atoms with E-state index in [2.05, 4.69) is 26.0 Å². The van der Waals surface area contributed by atoms with Gasteiger partial charge in [0.1, 0.15) is 0 Å². The molecular formula is C13H22O2. The number of esters is 1. The van der Waals surface area contributed by atoms with Crippen LogP contribution in [0.4, 0.5) is 0 Å². The first kappa shape index (κ1) is 13.9. The minimum Gasteiger partial charge on any atom is -0.466 e. The molecule has 0 unspecified atom stereocenters. The second-order valence-corrected chi connectivity index (χ2v) is 3.89. The van der Waals surface area contributed by atoms with Crippen molar-refractivity contribution in [3.63, 3.8) is 0 Å². The molecule has 0 aliphatic carbocycles. The average Bonchev–Trinajstić information content (AvgIpc) is 2.12. The maximum atomic E-state index is 11.1. The number of allylic oxidation sites excluding steroid dienone is 3. The first-order valence-electron chi connectivity index (χ1n) is 5.50. The average molecular weight is 210 g/mol. The fourth-order valence-corrected chi connectivity index (χ4v) is 1.21. The van der Waals surface area contributed by atoms with Gasteiger partial charge in [-0.1, -0.05) is 23.3 Å². The molecule has 0 radical (unpaired) electrons. The fraction of sp³-hybridized carbons (Fsp3) is 0.615. The Balaban J connectivity index is 3.79. The molecule has 2 heteroatoms. The van der Waals surface area contributed by atoms with Gasteiger partial charge in [-0.2, -0.15) is 0 Å². The first-order valence-corrected chi connectivity index (χ1v) is 5.50. The van der Waals surface area contributed by atoms with Crippen molar-refractivity contribution < 1.29 is 9.53 Å². The zero-order valence-electron chi connectivity index (χ0n) is 10.3. The van der Waals surface area contributed by atoms with Gasteiger partial charge < -0.3 is 4.74 Å². The van der Waals surface area contributed by atoms with Gasteiger partial charge in [-0.15, -0.1) is 0 Å². The van der Waals surface area contributed by atoms with Crippen molar-refractivity contribution >= 4 is 5.97 Å². The summed E-state index contributed by atoms with van der Waals surface area (Å²) in [6.45, 7) is 8.44. The maximum Gasteiger partial charge on any atom is 0.309 e. The highest BCUT2D eigenvalue weighted by molar-refractivity contribution is 5.72. The monoisotopic (exact) mass is 210 g/mol. The van der Waals surface area contributed by atoms with Gasteiger partial charge in [0.05, 0.1) is 13.0 Å². The van der Waals surface area contributed by atoms with E-state index in [0.717, 1.165) is 18.4 Å². The predicted octanol–water partition coefficient (Wildman–Crippen LogP) is 3.63. The normalized spacial score (nSPS) is 11.1. The van der Waals surface area contributed by atoms with Gasteiger partial charge in [0, 0.05) is 0 Å². The van der Waals surface area contributed by atoms with Crippen LogP contribution in [0.5, 0.6) is 0 Å². The van der Waals surface area contributed by atoms with E-state index in [4.69, 9.17) is 4.74 Å². The SMILES string of the molecule is CCOC(=O)CC(C)=CCCC=C(C)C. The summed E-state index contributed by atoms with van der Waals surface area (Å²) in [5.41, 5.74) is 2.43. The van der Waals surface area contributed by atoms with E-state index in [1.807, 2.05) is 13.8 Å². The zero-order chi connectivity index (χ0) is 11.7. The predicted molar refractivity (Wildman–Crippen MR) is 63.7 cm³/mol. The molecule has 0 rings (SSSR count). The maximum absolute atomic E-state index is 11.1. The fourth-order valence-electron chi connectivity index (χ4n) is 1.21. The third-order valence-electron chi connectivity index (χ3n) is 1.94. The van der Waals surface area contributed by atoms with E-state index in [9.17, 15) is 4.79 Å². The molecule has 0 aromatic heterocycles. The Kier molecular flexibility index (Phi) is 7.69. The quantitative estimate of drug-likeness (QED) is 0.380. The van der Waals surface area contributed by atoms with Gasteiger partial charge in [-0.3, -0.25) is 4.79 Å². The number of carbonyl (C=O) groups excluding carboxylic acids is 1. The van der Waals surface area contributed by atoms with Gasteiger partial charge in [-0.25, -0.2) is 0 Å². The standard InChI is InChI=1S/C13H22O2/c1-5-15-13(14)10-12(4)9-7-6-8-11(2)3/h8-9H,5-7,10H2,1-4H3. The molecule has 0 aromatic rings. The van der Waals surface area contributed by atoms with E-state index in [1.54, 1.807) is 0 Å². The highest BCUT2D eigenvalue weighted by Crippen LogP contribution is 2.06. The summed E-state index contributed by atoms with van der Waals surface area (Å²) < 4.78 is 4.87. The molecule has 15 heavy (non-hydrogen) atoms. The van der Waals surface area contributed by atoms with Crippen LogP contribution >= 0.6 is 0 Å². The summed E-state index contributed by atoms with van der Waals surface area (Å²) >= 11 is 0. The van der Waals surface area contributed by atoms with Crippen LogP contribution in [0.1, 0.15) is 47.0 Å². The topological polar surface area (TPSA) is 26.3 Å². The summed E-state index contributed by atoms with van der Waals surface area (Å²) in [5.74, 6) is -0.131. The number of hydrogen-bond acceptors (Lipinski definition) is 2. The first-order chi connectivity index (χ1) is 7.06. The van der Waals surface area contributed by atoms with Crippen molar-refractivity contribution in [1.82, 2.24) is 0 Å². The molecule has 2 nitrogen and oxygen atoms in total. The molecule has 86 valence electrons. The molecule has 0 N–H and O–H groups in total. The second-order valence-electron chi connectivity index (χ2n) is 3.89. The molecule has 0 fully saturated rings. The Morgan fingerprint density at radius 2 is 1.73 bits per heavy atom. The van der Waals surface area contributed by atoms with E-state index in [0.29, 0.717) is 13.0 Å². The second kappa shape index (κ2) is 8.27. The van der Waals surface area contributed by atoms with Crippen LogP contribution in [0.3, 0.4) is 0 Å². The minimum absolute atomic E-state index is 0.131. The summed E-state index contributed by atoms with van der Waals surface area (Å²) in [4.78, 5) is 11.1. The molecule has 0 heterocycles. The summed E-state index contributed by atoms with van der Waals surface area (Å²) in [6, 6.07) is 0. The number of unbranched alkanes of at least 4 members (excludes halogenated alkanes) is 1. The van der Waals surface area contributed by atoms with E-state index >= 15 is 0 Å². The Hall–Kier alpha value is -1.05. The van der Waals surface area contributed by atoms with Gasteiger partial charge in [0.15, 0.2) is 0 Å². The highest BCUT2D eigenvalue weighted by atomic mass is 16.5. The molecule has 0 aliphatic heterocycles. The molecule has 0 aromatic carbocycles. The van der Waals surface area contributed by atoms with Crippen molar-refractivity contribution in [3.05, 3.63) is 23.3 Å². The molecule has 0 spiro atoms. The Bertz CT molecular complexity index is 245. The Labute approximate surface area is 93.0 Å². The number of ether oxygens (including phenoxy) is 1. The summed E-state index contributed by atoms with van der Waals surface area (Å²) in [6.07, 6.45) is 6.77. The molecular weight excluding hydrogens is 188 g/mol. The lowest BCUT2D eigenvalue weighted by molar-refractivity contribution is -0.142. The summed E-state index contributed by atoms with van der Waals surface area (Å²) in [5, 5.41) is 0. The minimum atomic E-state index is -0.131. The van der Waals surface area contributed by atoms with Crippen LogP contribution in [0, 0.1) is 0 Å². The lowest BCUT2D eigenvalue weighted by Gasteiger charge is -2.01. The van der Waals surface area contributed by atoms with Crippen molar-refractivity contribution in [1.29, 1.82) is 0 Å². The van der Waals surface area contributed by atoms with Crippen LogP contribution in [0.25, 0.3) is 0 Å². The van der Waals surface area contributed by atoms with Crippen molar-refractivity contribution in [3.8, 4) is 0 Å². The number of hydrogen-bond donors (Lipinski definition) is 0. The lowest BCUT2D eigenvalue weighted by atomic mass is 10.1. The van der Waals surface area contributed by atoms with Crippen molar-refractivity contribution in [2.75, 3.05) is 6.61 Å². The molecule has 0 amide bonds. The third-order valence-corrected chi connectivity index (χ3v) is 1.94.